The summed E-state index contributed by atoms with van der Waals surface area (Å²) in [5.41, 5.74) is -0.296. The van der Waals surface area contributed by atoms with Crippen LogP contribution < -0.4 is 9.80 Å². The SMILES string of the molecule is CN1C(=O)N(C)C(=O)C2(Cc3cc([N+](=O)[O-])ccc3N3CCN(c4ccccc4F)CC32)C1=O. The van der Waals surface area contributed by atoms with E-state index in [4.69, 9.17) is 0 Å². The lowest BCUT2D eigenvalue weighted by atomic mass is 9.67. The zero-order chi connectivity index (χ0) is 24.4. The van der Waals surface area contributed by atoms with E-state index in [1.54, 1.807) is 29.2 Å². The third kappa shape index (κ3) is 2.89. The molecule has 10 nitrogen and oxygen atoms in total. The lowest BCUT2D eigenvalue weighted by Crippen LogP contribution is -2.74. The molecule has 0 aliphatic carbocycles. The summed E-state index contributed by atoms with van der Waals surface area (Å²) >= 11 is 0. The number of para-hydroxylation sites is 1. The second-order valence-electron chi connectivity index (χ2n) is 8.84. The van der Waals surface area contributed by atoms with Gasteiger partial charge in [-0.15, -0.1) is 0 Å². The smallest absolute Gasteiger partial charge is 0.332 e. The summed E-state index contributed by atoms with van der Waals surface area (Å²) in [6, 6.07) is 9.25. The largest absolute Gasteiger partial charge is 0.365 e. The maximum atomic E-state index is 14.6. The predicted octanol–water partition coefficient (Wildman–Crippen LogP) is 2.02. The number of halogens is 1. The van der Waals surface area contributed by atoms with Crippen LogP contribution in [0.2, 0.25) is 0 Å². The van der Waals surface area contributed by atoms with Crippen LogP contribution >= 0.6 is 0 Å². The summed E-state index contributed by atoms with van der Waals surface area (Å²) in [6.45, 7) is 0.926. The molecule has 1 unspecified atom stereocenters. The Kier molecular flexibility index (Phi) is 4.81. The van der Waals surface area contributed by atoms with Gasteiger partial charge in [0.25, 0.3) is 5.69 Å². The molecule has 11 heteroatoms. The number of piperazine rings is 1. The lowest BCUT2D eigenvalue weighted by molar-refractivity contribution is -0.384. The van der Waals surface area contributed by atoms with E-state index in [1.165, 1.54) is 32.3 Å². The lowest BCUT2D eigenvalue weighted by Gasteiger charge is -2.56. The monoisotopic (exact) mass is 467 g/mol. The molecule has 3 heterocycles. The first-order chi connectivity index (χ1) is 16.2. The number of carbonyl (C=O) groups excluding carboxylic acids is 3. The highest BCUT2D eigenvalue weighted by atomic mass is 19.1. The molecular weight excluding hydrogens is 445 g/mol. The summed E-state index contributed by atoms with van der Waals surface area (Å²) in [6.07, 6.45) is -0.101. The number of fused-ring (bicyclic) bond motifs is 4. The van der Waals surface area contributed by atoms with Crippen molar-refractivity contribution >= 4 is 34.9 Å². The summed E-state index contributed by atoms with van der Waals surface area (Å²) in [4.78, 5) is 56.2. The molecule has 3 aliphatic heterocycles. The van der Waals surface area contributed by atoms with E-state index in [9.17, 15) is 28.9 Å². The number of hydrogen-bond donors (Lipinski definition) is 0. The second-order valence-corrected chi connectivity index (χ2v) is 8.84. The van der Waals surface area contributed by atoms with Crippen LogP contribution in [0.3, 0.4) is 0 Å². The van der Waals surface area contributed by atoms with Crippen molar-refractivity contribution in [1.29, 1.82) is 0 Å². The number of carbonyl (C=O) groups is 3. The summed E-state index contributed by atoms with van der Waals surface area (Å²) < 4.78 is 14.6. The van der Waals surface area contributed by atoms with Crippen LogP contribution in [0.25, 0.3) is 0 Å². The summed E-state index contributed by atoms with van der Waals surface area (Å²) in [7, 11) is 2.64. The number of non-ortho nitro benzene ring substituents is 1. The van der Waals surface area contributed by atoms with Gasteiger partial charge in [0.05, 0.1) is 16.7 Å². The number of imide groups is 2. The molecule has 0 saturated carbocycles. The van der Waals surface area contributed by atoms with Crippen LogP contribution in [0.5, 0.6) is 0 Å². The molecule has 2 aromatic rings. The molecule has 34 heavy (non-hydrogen) atoms. The van der Waals surface area contributed by atoms with E-state index in [0.717, 1.165) is 9.80 Å². The maximum Gasteiger partial charge on any atom is 0.332 e. The Balaban J connectivity index is 1.67. The van der Waals surface area contributed by atoms with Gasteiger partial charge in [0.15, 0.2) is 5.41 Å². The molecule has 1 spiro atoms. The van der Waals surface area contributed by atoms with Crippen LogP contribution in [0, 0.1) is 21.3 Å². The zero-order valence-electron chi connectivity index (χ0n) is 18.6. The van der Waals surface area contributed by atoms with E-state index in [2.05, 4.69) is 0 Å². The minimum atomic E-state index is -1.69. The predicted molar refractivity (Wildman–Crippen MR) is 120 cm³/mol. The number of anilines is 2. The molecule has 0 radical (unpaired) electrons. The Bertz CT molecular complexity index is 1230. The van der Waals surface area contributed by atoms with Crippen molar-refractivity contribution in [1.82, 2.24) is 9.80 Å². The first kappa shape index (κ1) is 21.8. The maximum absolute atomic E-state index is 14.6. The van der Waals surface area contributed by atoms with E-state index in [-0.39, 0.29) is 18.7 Å². The van der Waals surface area contributed by atoms with Gasteiger partial charge in [-0.25, -0.2) is 9.18 Å². The minimum absolute atomic E-state index is 0.101. The van der Waals surface area contributed by atoms with E-state index in [0.29, 0.717) is 30.0 Å². The normalized spacial score (nSPS) is 21.6. The van der Waals surface area contributed by atoms with E-state index in [1.807, 2.05) is 4.90 Å². The van der Waals surface area contributed by atoms with Crippen molar-refractivity contribution in [2.75, 3.05) is 43.5 Å². The molecule has 5 rings (SSSR count). The molecule has 2 fully saturated rings. The van der Waals surface area contributed by atoms with Crippen molar-refractivity contribution in [2.24, 2.45) is 5.41 Å². The van der Waals surface area contributed by atoms with Gasteiger partial charge in [-0.1, -0.05) is 12.1 Å². The highest BCUT2D eigenvalue weighted by Gasteiger charge is 2.64. The van der Waals surface area contributed by atoms with Crippen molar-refractivity contribution < 1.29 is 23.7 Å². The van der Waals surface area contributed by atoms with Gasteiger partial charge in [0, 0.05) is 58.0 Å². The quantitative estimate of drug-likeness (QED) is 0.378. The Morgan fingerprint density at radius 2 is 1.68 bits per heavy atom. The Labute approximate surface area is 194 Å². The van der Waals surface area contributed by atoms with Crippen molar-refractivity contribution in [3.05, 3.63) is 64.0 Å². The average molecular weight is 467 g/mol. The van der Waals surface area contributed by atoms with Gasteiger partial charge < -0.3 is 9.80 Å². The van der Waals surface area contributed by atoms with E-state index >= 15 is 0 Å². The Morgan fingerprint density at radius 1 is 1.00 bits per heavy atom. The molecule has 4 amide bonds. The third-order valence-electron chi connectivity index (χ3n) is 7.14. The van der Waals surface area contributed by atoms with Gasteiger partial charge in [0.1, 0.15) is 5.82 Å². The molecule has 3 aliphatic rings. The van der Waals surface area contributed by atoms with Crippen molar-refractivity contribution in [2.45, 2.75) is 12.5 Å². The fourth-order valence-corrected chi connectivity index (χ4v) is 5.47. The zero-order valence-corrected chi connectivity index (χ0v) is 18.6. The molecule has 2 aromatic carbocycles. The highest BCUT2D eigenvalue weighted by Crippen LogP contribution is 2.48. The average Bonchev–Trinajstić information content (AvgIpc) is 2.84. The number of rotatable bonds is 2. The summed E-state index contributed by atoms with van der Waals surface area (Å²) in [5.74, 6) is -1.74. The van der Waals surface area contributed by atoms with Crippen LogP contribution in [-0.4, -0.2) is 72.3 Å². The number of nitro benzene ring substituents is 1. The topological polar surface area (TPSA) is 107 Å². The first-order valence-electron chi connectivity index (χ1n) is 10.8. The number of urea groups is 1. The minimum Gasteiger partial charge on any atom is -0.365 e. The Morgan fingerprint density at radius 3 is 2.32 bits per heavy atom. The standard InChI is InChI=1S/C23H22FN5O5/c1-25-20(30)23(21(31)26(2)22(25)32)12-14-11-15(29(33)34)7-8-17(14)28-10-9-27(13-19(23)28)18-6-4-3-5-16(18)24/h3-8,11,19H,9-10,12-13H2,1-2H3. The number of nitro groups is 1. The molecule has 2 saturated heterocycles. The van der Waals surface area contributed by atoms with Crippen LogP contribution in [0.4, 0.5) is 26.2 Å². The van der Waals surface area contributed by atoms with Gasteiger partial charge in [-0.2, -0.15) is 0 Å². The molecule has 0 bridgehead atoms. The number of barbiturate groups is 1. The van der Waals surface area contributed by atoms with Crippen LogP contribution in [-0.2, 0) is 16.0 Å². The third-order valence-corrected chi connectivity index (χ3v) is 7.14. The fourth-order valence-electron chi connectivity index (χ4n) is 5.47. The van der Waals surface area contributed by atoms with E-state index < -0.39 is 40.0 Å². The van der Waals surface area contributed by atoms with Gasteiger partial charge >= 0.3 is 6.03 Å². The number of amides is 4. The molecular formula is C23H22FN5O5. The molecule has 1 atom stereocenters. The number of hydrogen-bond acceptors (Lipinski definition) is 7. The van der Waals surface area contributed by atoms with Crippen LogP contribution in [0.15, 0.2) is 42.5 Å². The molecule has 176 valence electrons. The first-order valence-corrected chi connectivity index (χ1v) is 10.8. The number of nitrogens with zero attached hydrogens (tertiary/aromatic N) is 5. The fraction of sp³-hybridized carbons (Fsp3) is 0.348. The van der Waals surface area contributed by atoms with Crippen LogP contribution in [0.1, 0.15) is 5.56 Å². The van der Waals surface area contributed by atoms with Crippen molar-refractivity contribution in [3.63, 3.8) is 0 Å². The van der Waals surface area contributed by atoms with Crippen molar-refractivity contribution in [3.8, 4) is 0 Å². The Hall–Kier alpha value is -4.02. The highest BCUT2D eigenvalue weighted by molar-refractivity contribution is 6.20. The van der Waals surface area contributed by atoms with Gasteiger partial charge in [0.2, 0.25) is 11.8 Å². The van der Waals surface area contributed by atoms with Gasteiger partial charge in [-0.05, 0) is 23.8 Å². The number of benzene rings is 2. The summed E-state index contributed by atoms with van der Waals surface area (Å²) in [5, 5.41) is 11.4. The molecule has 0 aromatic heterocycles. The second kappa shape index (κ2) is 7.51. The molecule has 0 N–H and O–H groups in total. The van der Waals surface area contributed by atoms with Gasteiger partial charge in [-0.3, -0.25) is 29.5 Å².